The van der Waals surface area contributed by atoms with Gasteiger partial charge in [-0.2, -0.15) is 0 Å². The van der Waals surface area contributed by atoms with Crippen LogP contribution >= 0.6 is 0 Å². The molecule has 0 N–H and O–H groups in total. The van der Waals surface area contributed by atoms with Gasteiger partial charge in [0.1, 0.15) is 11.2 Å². The third kappa shape index (κ3) is 6.82. The summed E-state index contributed by atoms with van der Waals surface area (Å²) < 4.78 is 6.40. The lowest BCUT2D eigenvalue weighted by atomic mass is 9.91. The van der Waals surface area contributed by atoms with Crippen LogP contribution in [0.4, 0.5) is 17.1 Å². The average Bonchev–Trinajstić information content (AvgIpc) is 3.80. The molecule has 0 radical (unpaired) electrons. The van der Waals surface area contributed by atoms with Crippen LogP contribution in [0.2, 0.25) is 0 Å². The first kappa shape index (κ1) is 39.4. The van der Waals surface area contributed by atoms with Crippen molar-refractivity contribution < 1.29 is 4.42 Å². The summed E-state index contributed by atoms with van der Waals surface area (Å²) in [5.74, 6) is 0. The topological polar surface area (TPSA) is 16.4 Å². The summed E-state index contributed by atoms with van der Waals surface area (Å²) in [6.45, 7) is 0. The second-order valence-corrected chi connectivity index (χ2v) is 17.6. The Morgan fingerprint density at radius 3 is 1.68 bits per heavy atom. The number of hydrogen-bond acceptors (Lipinski definition) is 2. The predicted octanol–water partition coefficient (Wildman–Crippen LogP) is 18.9. The molecule has 13 aromatic rings. The summed E-state index contributed by atoms with van der Waals surface area (Å²) >= 11 is 0. The molecule has 13 rings (SSSR count). The number of hydrogen-bond donors (Lipinski definition) is 0. The Labute approximate surface area is 395 Å². The van der Waals surface area contributed by atoms with Gasteiger partial charge in [-0.1, -0.05) is 206 Å². The summed E-state index contributed by atoms with van der Waals surface area (Å²) in [6.07, 6.45) is 0. The molecule has 0 unspecified atom stereocenters. The largest absolute Gasteiger partial charge is 0.456 e. The van der Waals surface area contributed by atoms with E-state index in [0.717, 1.165) is 72.4 Å². The summed E-state index contributed by atoms with van der Waals surface area (Å²) in [5, 5.41) is 9.69. The van der Waals surface area contributed by atoms with E-state index in [1.165, 1.54) is 54.6 Å². The molecule has 0 saturated carbocycles. The zero-order valence-corrected chi connectivity index (χ0v) is 37.2. The van der Waals surface area contributed by atoms with Gasteiger partial charge in [0.2, 0.25) is 0 Å². The number of benzene rings is 12. The Morgan fingerprint density at radius 1 is 0.250 bits per heavy atom. The number of anilines is 3. The maximum atomic E-state index is 6.40. The summed E-state index contributed by atoms with van der Waals surface area (Å²) in [5.41, 5.74) is 16.6. The maximum absolute atomic E-state index is 6.40. The van der Waals surface area contributed by atoms with E-state index in [1.54, 1.807) is 0 Å². The van der Waals surface area contributed by atoms with Gasteiger partial charge in [-0.15, -0.1) is 0 Å². The molecule has 0 saturated heterocycles. The zero-order chi connectivity index (χ0) is 45.0. The summed E-state index contributed by atoms with van der Waals surface area (Å²) in [4.78, 5) is 2.45. The van der Waals surface area contributed by atoms with Crippen LogP contribution in [0.5, 0.6) is 0 Å². The van der Waals surface area contributed by atoms with Crippen LogP contribution in [0.25, 0.3) is 110 Å². The van der Waals surface area contributed by atoms with Gasteiger partial charge >= 0.3 is 0 Å². The second kappa shape index (κ2) is 16.5. The van der Waals surface area contributed by atoms with Crippen molar-refractivity contribution in [1.29, 1.82) is 0 Å². The molecule has 12 aromatic carbocycles. The van der Waals surface area contributed by atoms with Crippen molar-refractivity contribution >= 4 is 71.3 Å². The molecule has 0 aliphatic heterocycles. The van der Waals surface area contributed by atoms with Crippen molar-refractivity contribution in [1.82, 2.24) is 0 Å². The number of fused-ring (bicyclic) bond motifs is 7. The highest BCUT2D eigenvalue weighted by Gasteiger charge is 2.22. The molecule has 1 aromatic heterocycles. The van der Waals surface area contributed by atoms with Crippen molar-refractivity contribution in [3.8, 4) is 55.6 Å². The SMILES string of the molecule is c1ccc(-c2ccc(-c3cc4ccccc4c4ccccc34)cc2N(c2ccc(-c3cccc(-c4cccc5ccccc45)c3)cc2)c2cccc(-c3cccc4oc5ccccc5c34)c2)cc1. The van der Waals surface area contributed by atoms with Crippen LogP contribution in [-0.4, -0.2) is 0 Å². The number of para-hydroxylation sites is 1. The van der Waals surface area contributed by atoms with Crippen LogP contribution in [0.1, 0.15) is 0 Å². The first-order valence-electron chi connectivity index (χ1n) is 23.3. The summed E-state index contributed by atoms with van der Waals surface area (Å²) in [6, 6.07) is 94.7. The molecule has 68 heavy (non-hydrogen) atoms. The van der Waals surface area contributed by atoms with Crippen LogP contribution in [0.3, 0.4) is 0 Å². The lowest BCUT2D eigenvalue weighted by molar-refractivity contribution is 0.669. The molecule has 0 aliphatic rings. The maximum Gasteiger partial charge on any atom is 0.136 e. The van der Waals surface area contributed by atoms with Gasteiger partial charge < -0.3 is 9.32 Å². The van der Waals surface area contributed by atoms with Crippen molar-refractivity contribution in [2.75, 3.05) is 4.90 Å². The average molecular weight is 866 g/mol. The van der Waals surface area contributed by atoms with Crippen molar-refractivity contribution in [3.63, 3.8) is 0 Å². The van der Waals surface area contributed by atoms with Gasteiger partial charge in [0.25, 0.3) is 0 Å². The Hall–Kier alpha value is -8.98. The fourth-order valence-corrected chi connectivity index (χ4v) is 10.4. The van der Waals surface area contributed by atoms with E-state index in [1.807, 2.05) is 6.07 Å². The highest BCUT2D eigenvalue weighted by Crippen LogP contribution is 2.47. The van der Waals surface area contributed by atoms with Gasteiger partial charge in [-0.3, -0.25) is 0 Å². The van der Waals surface area contributed by atoms with Gasteiger partial charge in [-0.05, 0) is 137 Å². The molecular formula is C66H43NO. The fraction of sp³-hybridized carbons (Fsp3) is 0. The van der Waals surface area contributed by atoms with Crippen LogP contribution in [-0.2, 0) is 0 Å². The zero-order valence-electron chi connectivity index (χ0n) is 37.2. The van der Waals surface area contributed by atoms with Crippen molar-refractivity contribution in [3.05, 3.63) is 261 Å². The second-order valence-electron chi connectivity index (χ2n) is 17.6. The van der Waals surface area contributed by atoms with E-state index in [4.69, 9.17) is 4.42 Å². The van der Waals surface area contributed by atoms with Crippen LogP contribution < -0.4 is 4.90 Å². The molecule has 2 heteroatoms. The molecule has 318 valence electrons. The molecule has 1 heterocycles. The fourth-order valence-electron chi connectivity index (χ4n) is 10.4. The van der Waals surface area contributed by atoms with Gasteiger partial charge in [0.15, 0.2) is 0 Å². The molecule has 0 bridgehead atoms. The van der Waals surface area contributed by atoms with E-state index < -0.39 is 0 Å². The monoisotopic (exact) mass is 865 g/mol. The Bertz CT molecular complexity index is 4030. The van der Waals surface area contributed by atoms with Crippen LogP contribution in [0.15, 0.2) is 265 Å². The molecule has 0 spiro atoms. The first-order chi connectivity index (χ1) is 33.7. The Balaban J connectivity index is 1.01. The normalized spacial score (nSPS) is 11.5. The van der Waals surface area contributed by atoms with Crippen molar-refractivity contribution in [2.45, 2.75) is 0 Å². The standard InChI is InChI=1S/C66H43NO/c1-2-16-46(17-3-1)57-39-36-51(62-42-50-19-5-7-26-56(50)59-27-8-9-28-60(59)62)43-63(57)67(53-24-13-23-49(41-53)58-31-15-33-65-66(58)61-29-10-11-32-64(61)68-65)52-37-34-44(35-38-52)47-21-12-22-48(40-47)55-30-14-20-45-18-4-6-25-54(45)55/h1-43H. The third-order valence-corrected chi connectivity index (χ3v) is 13.6. The van der Waals surface area contributed by atoms with Crippen molar-refractivity contribution in [2.24, 2.45) is 0 Å². The molecule has 2 nitrogen and oxygen atoms in total. The lowest BCUT2D eigenvalue weighted by Crippen LogP contribution is -2.11. The predicted molar refractivity (Wildman–Crippen MR) is 288 cm³/mol. The minimum Gasteiger partial charge on any atom is -0.456 e. The number of furan rings is 1. The minimum absolute atomic E-state index is 0.882. The molecule has 0 fully saturated rings. The Morgan fingerprint density at radius 2 is 0.824 bits per heavy atom. The first-order valence-corrected chi connectivity index (χ1v) is 23.3. The van der Waals surface area contributed by atoms with Gasteiger partial charge in [-0.25, -0.2) is 0 Å². The summed E-state index contributed by atoms with van der Waals surface area (Å²) in [7, 11) is 0. The molecular weight excluding hydrogens is 823 g/mol. The van der Waals surface area contributed by atoms with Gasteiger partial charge in [0, 0.05) is 27.7 Å². The smallest absolute Gasteiger partial charge is 0.136 e. The quantitative estimate of drug-likeness (QED) is 0.142. The molecule has 0 atom stereocenters. The van der Waals surface area contributed by atoms with Gasteiger partial charge in [0.05, 0.1) is 5.69 Å². The number of nitrogens with zero attached hydrogens (tertiary/aromatic N) is 1. The van der Waals surface area contributed by atoms with E-state index in [2.05, 4.69) is 260 Å². The van der Waals surface area contributed by atoms with E-state index in [9.17, 15) is 0 Å². The molecule has 0 aliphatic carbocycles. The van der Waals surface area contributed by atoms with E-state index in [-0.39, 0.29) is 0 Å². The molecule has 0 amide bonds. The highest BCUT2D eigenvalue weighted by atomic mass is 16.3. The van der Waals surface area contributed by atoms with E-state index in [0.29, 0.717) is 0 Å². The third-order valence-electron chi connectivity index (χ3n) is 13.6. The van der Waals surface area contributed by atoms with Crippen LogP contribution in [0, 0.1) is 0 Å². The van der Waals surface area contributed by atoms with E-state index >= 15 is 0 Å². The number of rotatable bonds is 8. The lowest BCUT2D eigenvalue weighted by Gasteiger charge is -2.29. The highest BCUT2D eigenvalue weighted by molar-refractivity contribution is 6.15. The Kier molecular flexibility index (Phi) is 9.54. The minimum atomic E-state index is 0.882.